The predicted octanol–water partition coefficient (Wildman–Crippen LogP) is 1.65. The van der Waals surface area contributed by atoms with Gasteiger partial charge in [-0.05, 0) is 19.4 Å². The maximum absolute atomic E-state index is 10.4. The molecule has 0 aliphatic heterocycles. The van der Waals surface area contributed by atoms with Crippen molar-refractivity contribution in [1.29, 1.82) is 0 Å². The van der Waals surface area contributed by atoms with Crippen LogP contribution >= 0.6 is 0 Å². The molecule has 0 spiro atoms. The molecule has 0 unspecified atom stereocenters. The zero-order valence-electron chi connectivity index (χ0n) is 7.81. The first kappa shape index (κ1) is 9.72. The summed E-state index contributed by atoms with van der Waals surface area (Å²) in [5.41, 5.74) is 0. The van der Waals surface area contributed by atoms with E-state index in [1.165, 1.54) is 32.1 Å². The summed E-state index contributed by atoms with van der Waals surface area (Å²) in [5, 5.41) is 2.98. The van der Waals surface area contributed by atoms with E-state index < -0.39 is 0 Å². The van der Waals surface area contributed by atoms with Crippen molar-refractivity contribution in [3.63, 3.8) is 0 Å². The van der Waals surface area contributed by atoms with E-state index in [1.54, 1.807) is 0 Å². The Balaban J connectivity index is 2.22. The second kappa shape index (κ2) is 5.31. The fraction of sp³-hybridized carbons (Fsp3) is 0.900. The van der Waals surface area contributed by atoms with Crippen molar-refractivity contribution in [3.8, 4) is 0 Å². The van der Waals surface area contributed by atoms with E-state index >= 15 is 0 Å². The van der Waals surface area contributed by atoms with Gasteiger partial charge in [0.05, 0.1) is 6.04 Å². The van der Waals surface area contributed by atoms with Crippen LogP contribution in [0.3, 0.4) is 0 Å². The minimum Gasteiger partial charge on any atom is -0.310 e. The topological polar surface area (TPSA) is 29.1 Å². The van der Waals surface area contributed by atoms with Crippen LogP contribution in [-0.4, -0.2) is 19.4 Å². The first-order chi connectivity index (χ1) is 5.86. The van der Waals surface area contributed by atoms with Crippen LogP contribution in [0.2, 0.25) is 0 Å². The largest absolute Gasteiger partial charge is 0.310 e. The van der Waals surface area contributed by atoms with Crippen molar-refractivity contribution in [2.45, 2.75) is 44.6 Å². The molecule has 69 valence electrons. The highest BCUT2D eigenvalue weighted by Crippen LogP contribution is 2.26. The molecule has 0 aromatic rings. The minimum atomic E-state index is -0.0342. The normalized spacial score (nSPS) is 22.1. The number of nitrogens with one attached hydrogen (secondary N) is 1. The van der Waals surface area contributed by atoms with Gasteiger partial charge in [-0.1, -0.05) is 32.1 Å². The minimum absolute atomic E-state index is 0.0342. The molecule has 0 aromatic carbocycles. The van der Waals surface area contributed by atoms with Crippen LogP contribution in [0.1, 0.15) is 38.5 Å². The molecule has 1 saturated carbocycles. The summed E-state index contributed by atoms with van der Waals surface area (Å²) in [6, 6.07) is -0.0342. The second-order valence-corrected chi connectivity index (χ2v) is 3.70. The maximum atomic E-state index is 10.4. The molecular formula is C10H18NO. The van der Waals surface area contributed by atoms with Crippen molar-refractivity contribution in [2.24, 2.45) is 5.92 Å². The number of likely N-dealkylation sites (N-methyl/N-ethyl adjacent to an activating group) is 1. The average Bonchev–Trinajstić information content (AvgIpc) is 2.16. The summed E-state index contributed by atoms with van der Waals surface area (Å²) >= 11 is 0. The maximum Gasteiger partial charge on any atom is 0.216 e. The summed E-state index contributed by atoms with van der Waals surface area (Å²) in [7, 11) is 1.83. The van der Waals surface area contributed by atoms with E-state index in [1.807, 2.05) is 13.3 Å². The highest BCUT2D eigenvalue weighted by molar-refractivity contribution is 5.58. The zero-order valence-corrected chi connectivity index (χ0v) is 7.81. The Bertz CT molecular complexity index is 130. The second-order valence-electron chi connectivity index (χ2n) is 3.70. The third-order valence-corrected chi connectivity index (χ3v) is 2.78. The van der Waals surface area contributed by atoms with Crippen LogP contribution in [0, 0.1) is 5.92 Å². The highest BCUT2D eigenvalue weighted by Gasteiger charge is 2.17. The van der Waals surface area contributed by atoms with Crippen molar-refractivity contribution < 1.29 is 4.79 Å². The molecule has 1 aliphatic rings. The van der Waals surface area contributed by atoms with Gasteiger partial charge in [-0.15, -0.1) is 0 Å². The summed E-state index contributed by atoms with van der Waals surface area (Å²) < 4.78 is 0. The highest BCUT2D eigenvalue weighted by atomic mass is 16.1. The lowest BCUT2D eigenvalue weighted by atomic mass is 9.85. The Morgan fingerprint density at radius 2 is 2.08 bits per heavy atom. The Morgan fingerprint density at radius 1 is 1.42 bits per heavy atom. The standard InChI is InChI=1S/C10H18NO/c1-11-10(8-12)7-9-5-3-2-4-6-9/h9-11H,2-7H2,1H3/t10-/m1/s1. The molecule has 1 radical (unpaired) electrons. The molecule has 0 amide bonds. The molecular weight excluding hydrogens is 150 g/mol. The van der Waals surface area contributed by atoms with Crippen LogP contribution in [0.25, 0.3) is 0 Å². The molecule has 2 nitrogen and oxygen atoms in total. The fourth-order valence-electron chi connectivity index (χ4n) is 1.98. The molecule has 2 heteroatoms. The Labute approximate surface area is 74.7 Å². The van der Waals surface area contributed by atoms with Gasteiger partial charge in [-0.2, -0.15) is 0 Å². The third kappa shape index (κ3) is 2.94. The smallest absolute Gasteiger partial charge is 0.216 e. The van der Waals surface area contributed by atoms with Gasteiger partial charge in [-0.3, -0.25) is 4.79 Å². The zero-order chi connectivity index (χ0) is 8.81. The van der Waals surface area contributed by atoms with E-state index in [9.17, 15) is 4.79 Å². The molecule has 1 fully saturated rings. The Morgan fingerprint density at radius 3 is 2.58 bits per heavy atom. The van der Waals surface area contributed by atoms with Gasteiger partial charge in [0.15, 0.2) is 0 Å². The van der Waals surface area contributed by atoms with Crippen LogP contribution in [0.15, 0.2) is 0 Å². The van der Waals surface area contributed by atoms with E-state index in [4.69, 9.17) is 0 Å². The average molecular weight is 168 g/mol. The number of hydrogen-bond acceptors (Lipinski definition) is 2. The van der Waals surface area contributed by atoms with E-state index in [0.29, 0.717) is 0 Å². The van der Waals surface area contributed by atoms with Gasteiger partial charge in [0.1, 0.15) is 0 Å². The number of hydrogen-bond donors (Lipinski definition) is 1. The number of rotatable bonds is 4. The molecule has 1 N–H and O–H groups in total. The first-order valence-corrected chi connectivity index (χ1v) is 4.91. The summed E-state index contributed by atoms with van der Waals surface area (Å²) in [6.45, 7) is 0. The molecule has 0 aromatic heterocycles. The lowest BCUT2D eigenvalue weighted by molar-refractivity contribution is 0.321. The summed E-state index contributed by atoms with van der Waals surface area (Å²) in [5.74, 6) is 0.762. The molecule has 12 heavy (non-hydrogen) atoms. The first-order valence-electron chi connectivity index (χ1n) is 4.91. The predicted molar refractivity (Wildman–Crippen MR) is 49.7 cm³/mol. The van der Waals surface area contributed by atoms with E-state index in [-0.39, 0.29) is 6.04 Å². The number of carbonyl (C=O) groups excluding carboxylic acids is 1. The van der Waals surface area contributed by atoms with Crippen molar-refractivity contribution in [1.82, 2.24) is 5.32 Å². The Hall–Kier alpha value is -0.370. The molecule has 1 atom stereocenters. The van der Waals surface area contributed by atoms with Crippen molar-refractivity contribution >= 4 is 6.29 Å². The molecule has 0 bridgehead atoms. The monoisotopic (exact) mass is 168 g/mol. The lowest BCUT2D eigenvalue weighted by Gasteiger charge is -2.23. The SMILES string of the molecule is CN[C@@H]([C]=O)CC1CCCCC1. The quantitative estimate of drug-likeness (QED) is 0.691. The molecule has 0 heterocycles. The van der Waals surface area contributed by atoms with Crippen LogP contribution in [0.4, 0.5) is 0 Å². The summed E-state index contributed by atoms with van der Waals surface area (Å²) in [6.07, 6.45) is 9.71. The lowest BCUT2D eigenvalue weighted by Crippen LogP contribution is -2.29. The summed E-state index contributed by atoms with van der Waals surface area (Å²) in [4.78, 5) is 10.4. The molecule has 1 rings (SSSR count). The molecule has 1 aliphatic carbocycles. The van der Waals surface area contributed by atoms with Gasteiger partial charge in [0.25, 0.3) is 0 Å². The van der Waals surface area contributed by atoms with Gasteiger partial charge >= 0.3 is 0 Å². The van der Waals surface area contributed by atoms with Crippen LogP contribution in [0.5, 0.6) is 0 Å². The van der Waals surface area contributed by atoms with E-state index in [0.717, 1.165) is 12.3 Å². The molecule has 0 saturated heterocycles. The van der Waals surface area contributed by atoms with Crippen LogP contribution < -0.4 is 5.32 Å². The van der Waals surface area contributed by atoms with Gasteiger partial charge in [0, 0.05) is 0 Å². The van der Waals surface area contributed by atoms with Gasteiger partial charge in [-0.25, -0.2) is 0 Å². The van der Waals surface area contributed by atoms with E-state index in [2.05, 4.69) is 5.32 Å². The van der Waals surface area contributed by atoms with Crippen molar-refractivity contribution in [3.05, 3.63) is 0 Å². The third-order valence-electron chi connectivity index (χ3n) is 2.78. The van der Waals surface area contributed by atoms with Gasteiger partial charge < -0.3 is 5.32 Å². The van der Waals surface area contributed by atoms with Crippen LogP contribution in [-0.2, 0) is 4.79 Å². The Kier molecular flexibility index (Phi) is 4.30. The fourth-order valence-corrected chi connectivity index (χ4v) is 1.98. The van der Waals surface area contributed by atoms with Crippen molar-refractivity contribution in [2.75, 3.05) is 7.05 Å². The van der Waals surface area contributed by atoms with Gasteiger partial charge in [0.2, 0.25) is 6.29 Å².